The van der Waals surface area contributed by atoms with Crippen molar-refractivity contribution >= 4 is 19.8 Å². The number of aliphatic hydroxyl groups is 1. The van der Waals surface area contributed by atoms with Crippen molar-refractivity contribution < 1.29 is 42.7 Å². The summed E-state index contributed by atoms with van der Waals surface area (Å²) in [6, 6.07) is 0. The average molecular weight is 778 g/mol. The molecule has 0 spiro atoms. The van der Waals surface area contributed by atoms with Crippen molar-refractivity contribution in [2.45, 2.75) is 148 Å². The quantitative estimate of drug-likeness (QED) is 0.0184. The van der Waals surface area contributed by atoms with Gasteiger partial charge in [-0.25, -0.2) is 4.57 Å². The van der Waals surface area contributed by atoms with Gasteiger partial charge in [-0.3, -0.25) is 18.6 Å². The van der Waals surface area contributed by atoms with Crippen LogP contribution in [0, 0.1) is 0 Å². The highest BCUT2D eigenvalue weighted by atomic mass is 31.2. The van der Waals surface area contributed by atoms with E-state index in [0.29, 0.717) is 6.42 Å². The van der Waals surface area contributed by atoms with E-state index in [1.807, 2.05) is 12.2 Å². The maximum absolute atomic E-state index is 12.5. The molecule has 0 aliphatic carbocycles. The number of ether oxygens (including phenoxy) is 2. The van der Waals surface area contributed by atoms with Crippen LogP contribution in [0.4, 0.5) is 0 Å². The monoisotopic (exact) mass is 777 g/mol. The molecule has 10 nitrogen and oxygen atoms in total. The lowest BCUT2D eigenvalue weighted by Gasteiger charge is -2.20. The lowest BCUT2D eigenvalue weighted by molar-refractivity contribution is -0.161. The van der Waals surface area contributed by atoms with Crippen LogP contribution in [-0.4, -0.2) is 60.5 Å². The minimum atomic E-state index is -4.44. The van der Waals surface area contributed by atoms with Gasteiger partial charge in [0.15, 0.2) is 6.10 Å². The standard InChI is InChI=1S/C43H72NO9P/c1-3-5-7-9-11-13-15-17-18-19-21-22-24-26-28-30-32-40(45)34-35-42(46)50-38-41(39-52-54(48,49)51-37-36-44)53-43(47)33-31-29-27-25-23-20-16-14-12-10-8-6-4-2/h5,7,11,13-14,16-18,21-22,26,28,30,32,40-41,45H,3-4,6,8-10,12,15,19-20,23-25,27,29,31,33-39,44H2,1-2H3,(H,48,49)/b7-5-,13-11-,16-14-,18-17-,22-21-,28-26-,32-30-/t40?,41-/m1/s1. The summed E-state index contributed by atoms with van der Waals surface area (Å²) in [5.74, 6) is -1.13. The molecule has 0 saturated heterocycles. The van der Waals surface area contributed by atoms with Gasteiger partial charge in [0, 0.05) is 19.4 Å². The second-order valence-corrected chi connectivity index (χ2v) is 14.4. The maximum Gasteiger partial charge on any atom is 0.472 e. The summed E-state index contributed by atoms with van der Waals surface area (Å²) >= 11 is 0. The van der Waals surface area contributed by atoms with Gasteiger partial charge >= 0.3 is 19.8 Å². The van der Waals surface area contributed by atoms with Crippen molar-refractivity contribution in [2.24, 2.45) is 5.73 Å². The fourth-order valence-corrected chi connectivity index (χ4v) is 5.62. The highest BCUT2D eigenvalue weighted by Gasteiger charge is 2.26. The first kappa shape index (κ1) is 51.1. The Kier molecular flexibility index (Phi) is 36.4. The fraction of sp³-hybridized carbons (Fsp3) is 0.628. The molecule has 0 aliphatic heterocycles. The van der Waals surface area contributed by atoms with Crippen molar-refractivity contribution in [1.29, 1.82) is 0 Å². The van der Waals surface area contributed by atoms with Crippen LogP contribution in [0.15, 0.2) is 85.1 Å². The SMILES string of the molecule is CC/C=C\C/C=C\C/C=C\C/C=C\C/C=C\C=C/C(O)CCC(=O)OC[C@H](COP(=O)(O)OCCN)OC(=O)CCCCCCC/C=C\CCCCCC. The number of nitrogens with two attached hydrogens (primary N) is 1. The number of hydrogen-bond donors (Lipinski definition) is 3. The van der Waals surface area contributed by atoms with E-state index in [9.17, 15) is 24.2 Å². The fourth-order valence-electron chi connectivity index (χ4n) is 4.85. The number of esters is 2. The Balaban J connectivity index is 4.46. The van der Waals surface area contributed by atoms with E-state index in [1.54, 1.807) is 12.2 Å². The zero-order valence-corrected chi connectivity index (χ0v) is 34.2. The molecule has 0 bridgehead atoms. The Labute approximate surface area is 326 Å². The molecule has 0 saturated carbocycles. The number of rotatable bonds is 36. The number of allylic oxidation sites excluding steroid dienone is 13. The number of carbonyl (C=O) groups is 2. The van der Waals surface area contributed by atoms with Crippen molar-refractivity contribution in [3.05, 3.63) is 85.1 Å². The number of phosphoric ester groups is 1. The third-order valence-corrected chi connectivity index (χ3v) is 8.87. The summed E-state index contributed by atoms with van der Waals surface area (Å²) in [4.78, 5) is 34.8. The molecule has 0 aliphatic rings. The van der Waals surface area contributed by atoms with E-state index >= 15 is 0 Å². The highest BCUT2D eigenvalue weighted by Crippen LogP contribution is 2.43. The Hall–Kier alpha value is -2.85. The van der Waals surface area contributed by atoms with Crippen LogP contribution in [0.25, 0.3) is 0 Å². The molecule has 54 heavy (non-hydrogen) atoms. The average Bonchev–Trinajstić information content (AvgIpc) is 3.15. The van der Waals surface area contributed by atoms with Gasteiger partial charge in [0.2, 0.25) is 0 Å². The van der Waals surface area contributed by atoms with Crippen LogP contribution in [0.3, 0.4) is 0 Å². The second-order valence-electron chi connectivity index (χ2n) is 13.0. The minimum absolute atomic E-state index is 0.0170. The van der Waals surface area contributed by atoms with E-state index in [2.05, 4.69) is 74.6 Å². The molecule has 308 valence electrons. The van der Waals surface area contributed by atoms with Crippen molar-refractivity contribution in [3.8, 4) is 0 Å². The van der Waals surface area contributed by atoms with Gasteiger partial charge in [-0.05, 0) is 70.6 Å². The molecule has 0 aromatic heterocycles. The van der Waals surface area contributed by atoms with Gasteiger partial charge in [-0.1, -0.05) is 137 Å². The predicted octanol–water partition coefficient (Wildman–Crippen LogP) is 10.2. The Morgan fingerprint density at radius 1 is 0.667 bits per heavy atom. The molecule has 2 unspecified atom stereocenters. The summed E-state index contributed by atoms with van der Waals surface area (Å²) < 4.78 is 32.5. The molecule has 0 fully saturated rings. The summed E-state index contributed by atoms with van der Waals surface area (Å²) in [5, 5.41) is 10.2. The zero-order chi connectivity index (χ0) is 39.8. The summed E-state index contributed by atoms with van der Waals surface area (Å²) in [7, 11) is -4.44. The first-order valence-electron chi connectivity index (χ1n) is 20.2. The van der Waals surface area contributed by atoms with Crippen molar-refractivity contribution in [2.75, 3.05) is 26.4 Å². The van der Waals surface area contributed by atoms with Crippen molar-refractivity contribution in [1.82, 2.24) is 0 Å². The minimum Gasteiger partial charge on any atom is -0.462 e. The van der Waals surface area contributed by atoms with E-state index < -0.39 is 38.6 Å². The molecular formula is C43H72NO9P. The first-order chi connectivity index (χ1) is 26.2. The van der Waals surface area contributed by atoms with E-state index in [1.165, 1.54) is 25.7 Å². The Morgan fingerprint density at radius 3 is 1.85 bits per heavy atom. The Morgan fingerprint density at radius 2 is 1.24 bits per heavy atom. The molecule has 0 radical (unpaired) electrons. The van der Waals surface area contributed by atoms with Gasteiger partial charge in [-0.2, -0.15) is 0 Å². The number of phosphoric acid groups is 1. The predicted molar refractivity (Wildman–Crippen MR) is 221 cm³/mol. The van der Waals surface area contributed by atoms with Crippen LogP contribution in [0.1, 0.15) is 136 Å². The molecule has 0 aromatic carbocycles. The normalized spacial score (nSPS) is 14.8. The van der Waals surface area contributed by atoms with Crippen molar-refractivity contribution in [3.63, 3.8) is 0 Å². The smallest absolute Gasteiger partial charge is 0.462 e. The third-order valence-electron chi connectivity index (χ3n) is 7.88. The topological polar surface area (TPSA) is 155 Å². The molecule has 0 heterocycles. The van der Waals surface area contributed by atoms with Gasteiger partial charge in [0.1, 0.15) is 6.61 Å². The number of hydrogen-bond acceptors (Lipinski definition) is 9. The molecule has 0 amide bonds. The van der Waals surface area contributed by atoms with Gasteiger partial charge in [0.05, 0.1) is 19.3 Å². The summed E-state index contributed by atoms with van der Waals surface area (Å²) in [5.41, 5.74) is 5.32. The van der Waals surface area contributed by atoms with Gasteiger partial charge in [0.25, 0.3) is 0 Å². The number of aliphatic hydroxyl groups excluding tert-OH is 1. The zero-order valence-electron chi connectivity index (χ0n) is 33.3. The van der Waals surface area contributed by atoms with E-state index in [4.69, 9.17) is 24.3 Å². The third kappa shape index (κ3) is 37.5. The highest BCUT2D eigenvalue weighted by molar-refractivity contribution is 7.47. The van der Waals surface area contributed by atoms with E-state index in [0.717, 1.165) is 70.6 Å². The van der Waals surface area contributed by atoms with Crippen LogP contribution in [-0.2, 0) is 32.7 Å². The lowest BCUT2D eigenvalue weighted by atomic mass is 10.1. The maximum atomic E-state index is 12.5. The number of unbranched alkanes of at least 4 members (excludes halogenated alkanes) is 9. The van der Waals surface area contributed by atoms with E-state index in [-0.39, 0.29) is 39.0 Å². The van der Waals surface area contributed by atoms with Crippen LogP contribution in [0.2, 0.25) is 0 Å². The first-order valence-corrected chi connectivity index (χ1v) is 21.7. The lowest BCUT2D eigenvalue weighted by Crippen LogP contribution is -2.29. The molecule has 0 rings (SSSR count). The Bertz CT molecular complexity index is 1180. The van der Waals surface area contributed by atoms with Gasteiger partial charge < -0.3 is 25.2 Å². The molecule has 3 atom stereocenters. The van der Waals surface area contributed by atoms with Crippen LogP contribution >= 0.6 is 7.82 Å². The molecule has 11 heteroatoms. The second kappa shape index (κ2) is 38.4. The molecule has 0 aromatic rings. The van der Waals surface area contributed by atoms with Gasteiger partial charge in [-0.15, -0.1) is 0 Å². The van der Waals surface area contributed by atoms with Crippen LogP contribution in [0.5, 0.6) is 0 Å². The van der Waals surface area contributed by atoms with Crippen LogP contribution < -0.4 is 5.73 Å². The number of carbonyl (C=O) groups excluding carboxylic acids is 2. The summed E-state index contributed by atoms with van der Waals surface area (Å²) in [6.45, 7) is 3.28. The summed E-state index contributed by atoms with van der Waals surface area (Å²) in [6.07, 6.45) is 43.8. The largest absolute Gasteiger partial charge is 0.472 e. The molecular weight excluding hydrogens is 705 g/mol. The molecule has 4 N–H and O–H groups in total.